The molecule has 0 unspecified atom stereocenters. The van der Waals surface area contributed by atoms with Crippen LogP contribution in [-0.4, -0.2) is 13.7 Å². The van der Waals surface area contributed by atoms with E-state index < -0.39 is 0 Å². The van der Waals surface area contributed by atoms with E-state index in [1.807, 2.05) is 20.9 Å². The van der Waals surface area contributed by atoms with Gasteiger partial charge in [-0.25, -0.2) is 0 Å². The van der Waals surface area contributed by atoms with Gasteiger partial charge in [-0.05, 0) is 52.6 Å². The maximum absolute atomic E-state index is 8.97. The summed E-state index contributed by atoms with van der Waals surface area (Å²) in [5.74, 6) is 1.00. The Morgan fingerprint density at radius 1 is 1.30 bits per heavy atom. The van der Waals surface area contributed by atoms with Crippen LogP contribution in [0.15, 0.2) is 18.2 Å². The Kier molecular flexibility index (Phi) is 6.54. The van der Waals surface area contributed by atoms with Crippen molar-refractivity contribution in [1.29, 1.82) is 5.26 Å². The third-order valence-corrected chi connectivity index (χ3v) is 3.41. The van der Waals surface area contributed by atoms with Crippen molar-refractivity contribution in [2.75, 3.05) is 13.7 Å². The summed E-state index contributed by atoms with van der Waals surface area (Å²) in [5, 5.41) is 12.1. The Morgan fingerprint density at radius 3 is 2.70 bits per heavy atom. The number of benzene rings is 1. The van der Waals surface area contributed by atoms with Gasteiger partial charge < -0.3 is 10.1 Å². The van der Waals surface area contributed by atoms with Gasteiger partial charge in [-0.15, -0.1) is 0 Å². The molecule has 1 aromatic rings. The van der Waals surface area contributed by atoms with Crippen LogP contribution < -0.4 is 10.1 Å². The van der Waals surface area contributed by atoms with E-state index in [1.54, 1.807) is 0 Å². The van der Waals surface area contributed by atoms with E-state index in [0.717, 1.165) is 31.6 Å². The molecule has 20 heavy (non-hydrogen) atoms. The van der Waals surface area contributed by atoms with Crippen molar-refractivity contribution in [3.63, 3.8) is 0 Å². The van der Waals surface area contributed by atoms with Crippen LogP contribution in [0.25, 0.3) is 0 Å². The molecule has 0 aromatic heterocycles. The predicted molar refractivity (Wildman–Crippen MR) is 82.7 cm³/mol. The van der Waals surface area contributed by atoms with E-state index in [2.05, 4.69) is 36.5 Å². The van der Waals surface area contributed by atoms with Crippen LogP contribution >= 0.6 is 0 Å². The minimum atomic E-state index is -0.222. The maximum Gasteiger partial charge on any atom is 0.126 e. The van der Waals surface area contributed by atoms with Crippen molar-refractivity contribution in [2.45, 2.75) is 46.6 Å². The first-order chi connectivity index (χ1) is 9.50. The Morgan fingerprint density at radius 2 is 2.05 bits per heavy atom. The summed E-state index contributed by atoms with van der Waals surface area (Å²) in [6.07, 6.45) is 2.93. The van der Waals surface area contributed by atoms with E-state index in [4.69, 9.17) is 10.00 Å². The Bertz CT molecular complexity index is 461. The molecule has 1 N–H and O–H groups in total. The lowest BCUT2D eigenvalue weighted by Gasteiger charge is -2.16. The standard InChI is InChI=1S/C17H26N2O/c1-14-8-7-9-15(12-19-4)16(14)20-11-6-5-10-17(2,3)13-18/h7-9,19H,5-6,10-12H2,1-4H3. The molecule has 0 radical (unpaired) electrons. The number of ether oxygens (including phenoxy) is 1. The van der Waals surface area contributed by atoms with Gasteiger partial charge in [0.15, 0.2) is 0 Å². The fraction of sp³-hybridized carbons (Fsp3) is 0.588. The largest absolute Gasteiger partial charge is 0.493 e. The monoisotopic (exact) mass is 274 g/mol. The first-order valence-electron chi connectivity index (χ1n) is 7.27. The van der Waals surface area contributed by atoms with Crippen LogP contribution in [0.4, 0.5) is 0 Å². The quantitative estimate of drug-likeness (QED) is 0.733. The number of unbranched alkanes of at least 4 members (excludes halogenated alkanes) is 1. The smallest absolute Gasteiger partial charge is 0.126 e. The molecule has 0 spiro atoms. The lowest BCUT2D eigenvalue weighted by Crippen LogP contribution is -2.10. The highest BCUT2D eigenvalue weighted by Gasteiger charge is 2.15. The molecule has 0 heterocycles. The number of rotatable bonds is 8. The zero-order chi connectivity index (χ0) is 15.0. The molecule has 0 amide bonds. The van der Waals surface area contributed by atoms with E-state index >= 15 is 0 Å². The van der Waals surface area contributed by atoms with Crippen molar-refractivity contribution >= 4 is 0 Å². The van der Waals surface area contributed by atoms with Crippen LogP contribution in [0.2, 0.25) is 0 Å². The Labute approximate surface area is 123 Å². The molecule has 1 aromatic carbocycles. The van der Waals surface area contributed by atoms with Gasteiger partial charge in [0, 0.05) is 12.1 Å². The van der Waals surface area contributed by atoms with Crippen LogP contribution in [0.1, 0.15) is 44.2 Å². The maximum atomic E-state index is 8.97. The summed E-state index contributed by atoms with van der Waals surface area (Å²) in [7, 11) is 1.94. The number of nitriles is 1. The molecule has 0 aliphatic rings. The summed E-state index contributed by atoms with van der Waals surface area (Å²) in [5.41, 5.74) is 2.15. The fourth-order valence-corrected chi connectivity index (χ4v) is 2.15. The second kappa shape index (κ2) is 7.91. The summed E-state index contributed by atoms with van der Waals surface area (Å²) in [4.78, 5) is 0. The molecule has 110 valence electrons. The number of hydrogen-bond donors (Lipinski definition) is 1. The zero-order valence-electron chi connectivity index (χ0n) is 13.1. The highest BCUT2D eigenvalue weighted by molar-refractivity contribution is 5.40. The molecule has 0 saturated heterocycles. The molecule has 3 heteroatoms. The van der Waals surface area contributed by atoms with Crippen LogP contribution in [0, 0.1) is 23.7 Å². The predicted octanol–water partition coefficient (Wildman–Crippen LogP) is 3.81. The normalized spacial score (nSPS) is 11.2. The number of nitrogens with zero attached hydrogens (tertiary/aromatic N) is 1. The van der Waals surface area contributed by atoms with Gasteiger partial charge >= 0.3 is 0 Å². The van der Waals surface area contributed by atoms with Gasteiger partial charge in [-0.1, -0.05) is 18.2 Å². The topological polar surface area (TPSA) is 45.0 Å². The zero-order valence-corrected chi connectivity index (χ0v) is 13.1. The number of aryl methyl sites for hydroxylation is 1. The van der Waals surface area contributed by atoms with Gasteiger partial charge in [0.2, 0.25) is 0 Å². The lowest BCUT2D eigenvalue weighted by molar-refractivity contribution is 0.290. The van der Waals surface area contributed by atoms with Crippen molar-refractivity contribution in [2.24, 2.45) is 5.41 Å². The van der Waals surface area contributed by atoms with Crippen molar-refractivity contribution in [1.82, 2.24) is 5.32 Å². The molecular weight excluding hydrogens is 248 g/mol. The van der Waals surface area contributed by atoms with E-state index in [-0.39, 0.29) is 5.41 Å². The highest BCUT2D eigenvalue weighted by Crippen LogP contribution is 2.25. The second-order valence-electron chi connectivity index (χ2n) is 5.89. The molecule has 0 bridgehead atoms. The first kappa shape index (κ1) is 16.5. The summed E-state index contributed by atoms with van der Waals surface area (Å²) >= 11 is 0. The van der Waals surface area contributed by atoms with Crippen LogP contribution in [0.3, 0.4) is 0 Å². The Balaban J connectivity index is 2.44. The van der Waals surface area contributed by atoms with Crippen LogP contribution in [-0.2, 0) is 6.54 Å². The Hall–Kier alpha value is -1.53. The van der Waals surface area contributed by atoms with Gasteiger partial charge in [0.1, 0.15) is 5.75 Å². The van der Waals surface area contributed by atoms with Gasteiger partial charge in [0.05, 0.1) is 18.1 Å². The fourth-order valence-electron chi connectivity index (χ4n) is 2.15. The van der Waals surface area contributed by atoms with Crippen molar-refractivity contribution in [3.05, 3.63) is 29.3 Å². The molecule has 3 nitrogen and oxygen atoms in total. The molecular formula is C17H26N2O. The SMILES string of the molecule is CNCc1cccc(C)c1OCCCCC(C)(C)C#N. The number of nitrogens with one attached hydrogen (secondary N) is 1. The summed E-state index contributed by atoms with van der Waals surface area (Å²) in [6, 6.07) is 8.57. The van der Waals surface area contributed by atoms with E-state index in [1.165, 1.54) is 11.1 Å². The minimum Gasteiger partial charge on any atom is -0.493 e. The molecule has 1 rings (SSSR count). The lowest BCUT2D eigenvalue weighted by atomic mass is 9.89. The molecule has 0 atom stereocenters. The third kappa shape index (κ3) is 5.22. The molecule has 0 aliphatic heterocycles. The molecule has 0 saturated carbocycles. The first-order valence-corrected chi connectivity index (χ1v) is 7.27. The average Bonchev–Trinajstić information content (AvgIpc) is 2.41. The number of hydrogen-bond acceptors (Lipinski definition) is 3. The molecule has 0 fully saturated rings. The molecule has 0 aliphatic carbocycles. The summed E-state index contributed by atoms with van der Waals surface area (Å²) in [6.45, 7) is 7.58. The minimum absolute atomic E-state index is 0.222. The van der Waals surface area contributed by atoms with Gasteiger partial charge in [-0.3, -0.25) is 0 Å². The van der Waals surface area contributed by atoms with Gasteiger partial charge in [-0.2, -0.15) is 5.26 Å². The highest BCUT2D eigenvalue weighted by atomic mass is 16.5. The third-order valence-electron chi connectivity index (χ3n) is 3.41. The second-order valence-corrected chi connectivity index (χ2v) is 5.89. The van der Waals surface area contributed by atoms with Crippen LogP contribution in [0.5, 0.6) is 5.75 Å². The van der Waals surface area contributed by atoms with Crippen molar-refractivity contribution < 1.29 is 4.74 Å². The number of para-hydroxylation sites is 1. The van der Waals surface area contributed by atoms with Gasteiger partial charge in [0.25, 0.3) is 0 Å². The van der Waals surface area contributed by atoms with E-state index in [0.29, 0.717) is 6.61 Å². The van der Waals surface area contributed by atoms with E-state index in [9.17, 15) is 0 Å². The summed E-state index contributed by atoms with van der Waals surface area (Å²) < 4.78 is 5.95. The average molecular weight is 274 g/mol. The van der Waals surface area contributed by atoms with Crippen molar-refractivity contribution in [3.8, 4) is 11.8 Å².